The summed E-state index contributed by atoms with van der Waals surface area (Å²) in [6.45, 7) is 2.96. The molecule has 2 heterocycles. The summed E-state index contributed by atoms with van der Waals surface area (Å²) in [5.41, 5.74) is 1.29. The second-order valence-corrected chi connectivity index (χ2v) is 8.94. The van der Waals surface area contributed by atoms with Gasteiger partial charge in [0.2, 0.25) is 5.91 Å². The van der Waals surface area contributed by atoms with Crippen LogP contribution < -0.4 is 10.2 Å². The summed E-state index contributed by atoms with van der Waals surface area (Å²) in [5.74, 6) is -0.262. The molecule has 8 heteroatoms. The van der Waals surface area contributed by atoms with E-state index in [4.69, 9.17) is 11.6 Å². The number of aromatic nitrogens is 1. The van der Waals surface area contributed by atoms with Crippen molar-refractivity contribution in [2.45, 2.75) is 18.9 Å². The maximum Gasteiger partial charge on any atom is 0.253 e. The summed E-state index contributed by atoms with van der Waals surface area (Å²) in [6, 6.07) is 16.1. The van der Waals surface area contributed by atoms with E-state index in [2.05, 4.69) is 15.2 Å². The van der Waals surface area contributed by atoms with Crippen LogP contribution in [0.1, 0.15) is 34.8 Å². The van der Waals surface area contributed by atoms with Gasteiger partial charge in [-0.15, -0.1) is 11.3 Å². The van der Waals surface area contributed by atoms with E-state index in [1.807, 2.05) is 40.6 Å². The summed E-state index contributed by atoms with van der Waals surface area (Å²) >= 11 is 7.82. The lowest BCUT2D eigenvalue weighted by atomic mass is 10.0. The van der Waals surface area contributed by atoms with E-state index in [-0.39, 0.29) is 18.2 Å². The van der Waals surface area contributed by atoms with E-state index in [1.54, 1.807) is 41.8 Å². The average Bonchev–Trinajstić information content (AvgIpc) is 3.24. The van der Waals surface area contributed by atoms with Crippen molar-refractivity contribution in [1.82, 2.24) is 15.2 Å². The Balaban J connectivity index is 1.45. The first kappa shape index (κ1) is 22.3. The number of halogens is 1. The Labute approximate surface area is 196 Å². The van der Waals surface area contributed by atoms with Crippen LogP contribution in [0.4, 0.5) is 5.13 Å². The smallest absolute Gasteiger partial charge is 0.253 e. The van der Waals surface area contributed by atoms with Crippen LogP contribution in [-0.4, -0.2) is 47.9 Å². The van der Waals surface area contributed by atoms with Crippen LogP contribution in [-0.2, 0) is 4.79 Å². The van der Waals surface area contributed by atoms with Crippen molar-refractivity contribution < 1.29 is 9.59 Å². The second-order valence-electron chi connectivity index (χ2n) is 7.66. The van der Waals surface area contributed by atoms with Gasteiger partial charge in [0.1, 0.15) is 0 Å². The maximum atomic E-state index is 13.2. The van der Waals surface area contributed by atoms with Crippen LogP contribution >= 0.6 is 22.9 Å². The van der Waals surface area contributed by atoms with Gasteiger partial charge in [0, 0.05) is 37.8 Å². The Hall–Kier alpha value is -2.90. The number of nitrogens with one attached hydrogen (secondary N) is 1. The number of hydrogen-bond acceptors (Lipinski definition) is 5. The van der Waals surface area contributed by atoms with Crippen molar-refractivity contribution >= 4 is 39.9 Å². The Bertz CT molecular complexity index is 1050. The molecule has 0 radical (unpaired) electrons. The molecule has 0 spiro atoms. The van der Waals surface area contributed by atoms with Gasteiger partial charge in [-0.25, -0.2) is 4.98 Å². The molecule has 1 unspecified atom stereocenters. The molecule has 1 aliphatic heterocycles. The minimum absolute atomic E-state index is 0.0271. The van der Waals surface area contributed by atoms with Gasteiger partial charge in [0.05, 0.1) is 23.0 Å². The Morgan fingerprint density at radius 2 is 1.81 bits per heavy atom. The number of rotatable bonds is 6. The van der Waals surface area contributed by atoms with Crippen molar-refractivity contribution in [3.63, 3.8) is 0 Å². The predicted molar refractivity (Wildman–Crippen MR) is 128 cm³/mol. The fourth-order valence-electron chi connectivity index (χ4n) is 3.85. The van der Waals surface area contributed by atoms with Gasteiger partial charge in [-0.1, -0.05) is 54.1 Å². The van der Waals surface area contributed by atoms with E-state index in [0.717, 1.165) is 30.2 Å². The summed E-state index contributed by atoms with van der Waals surface area (Å²) < 4.78 is 0. The van der Waals surface area contributed by atoms with Gasteiger partial charge in [-0.3, -0.25) is 9.59 Å². The third kappa shape index (κ3) is 5.47. The van der Waals surface area contributed by atoms with E-state index < -0.39 is 6.04 Å². The van der Waals surface area contributed by atoms with Gasteiger partial charge in [-0.05, 0) is 24.1 Å². The SMILES string of the molecule is O=C(NC(CC(=O)N1CCCN(c2nccs2)CC1)c1ccccc1)c1ccccc1Cl. The fourth-order valence-corrected chi connectivity index (χ4v) is 4.77. The quantitative estimate of drug-likeness (QED) is 0.582. The van der Waals surface area contributed by atoms with Crippen molar-refractivity contribution in [2.75, 3.05) is 31.1 Å². The zero-order valence-electron chi connectivity index (χ0n) is 17.6. The summed E-state index contributed by atoms with van der Waals surface area (Å²) in [6.07, 6.45) is 2.88. The number of thiazole rings is 1. The van der Waals surface area contributed by atoms with Crippen LogP contribution in [0, 0.1) is 0 Å². The van der Waals surface area contributed by atoms with E-state index in [0.29, 0.717) is 23.7 Å². The molecule has 1 aliphatic rings. The highest BCUT2D eigenvalue weighted by atomic mass is 35.5. The molecule has 32 heavy (non-hydrogen) atoms. The zero-order valence-corrected chi connectivity index (χ0v) is 19.2. The van der Waals surface area contributed by atoms with Crippen molar-refractivity contribution in [3.8, 4) is 0 Å². The zero-order chi connectivity index (χ0) is 22.3. The molecular weight excluding hydrogens is 444 g/mol. The number of anilines is 1. The minimum Gasteiger partial charge on any atom is -0.346 e. The molecule has 1 fully saturated rings. The van der Waals surface area contributed by atoms with Crippen LogP contribution in [0.15, 0.2) is 66.2 Å². The first-order valence-corrected chi connectivity index (χ1v) is 11.9. The third-order valence-electron chi connectivity index (χ3n) is 5.54. The first-order chi connectivity index (χ1) is 15.6. The third-order valence-corrected chi connectivity index (χ3v) is 6.70. The highest BCUT2D eigenvalue weighted by Crippen LogP contribution is 2.23. The van der Waals surface area contributed by atoms with Gasteiger partial charge >= 0.3 is 0 Å². The molecule has 166 valence electrons. The molecule has 0 aliphatic carbocycles. The molecule has 3 aromatic rings. The molecule has 0 saturated carbocycles. The monoisotopic (exact) mass is 468 g/mol. The van der Waals surface area contributed by atoms with Crippen molar-refractivity contribution in [1.29, 1.82) is 0 Å². The number of hydrogen-bond donors (Lipinski definition) is 1. The Morgan fingerprint density at radius 3 is 2.56 bits per heavy atom. The molecule has 1 aromatic heterocycles. The Morgan fingerprint density at radius 1 is 1.03 bits per heavy atom. The van der Waals surface area contributed by atoms with E-state index in [9.17, 15) is 9.59 Å². The minimum atomic E-state index is -0.439. The number of carbonyl (C=O) groups excluding carboxylic acids is 2. The van der Waals surface area contributed by atoms with E-state index in [1.165, 1.54) is 0 Å². The molecule has 0 bridgehead atoms. The van der Waals surface area contributed by atoms with Gasteiger partial charge in [0.25, 0.3) is 5.91 Å². The number of benzene rings is 2. The van der Waals surface area contributed by atoms with Crippen LogP contribution in [0.25, 0.3) is 0 Å². The number of amides is 2. The highest BCUT2D eigenvalue weighted by Gasteiger charge is 2.25. The van der Waals surface area contributed by atoms with Crippen molar-refractivity contribution in [3.05, 3.63) is 82.3 Å². The van der Waals surface area contributed by atoms with Crippen LogP contribution in [0.3, 0.4) is 0 Å². The largest absolute Gasteiger partial charge is 0.346 e. The Kier molecular flexibility index (Phi) is 7.39. The topological polar surface area (TPSA) is 65.5 Å². The van der Waals surface area contributed by atoms with Gasteiger partial charge < -0.3 is 15.1 Å². The lowest BCUT2D eigenvalue weighted by Gasteiger charge is -2.25. The average molecular weight is 469 g/mol. The lowest BCUT2D eigenvalue weighted by molar-refractivity contribution is -0.131. The molecule has 4 rings (SSSR count). The van der Waals surface area contributed by atoms with Crippen LogP contribution in [0.2, 0.25) is 5.02 Å². The summed E-state index contributed by atoms with van der Waals surface area (Å²) in [5, 5.41) is 6.37. The number of nitrogens with zero attached hydrogens (tertiary/aromatic N) is 3. The first-order valence-electron chi connectivity index (χ1n) is 10.6. The van der Waals surface area contributed by atoms with Crippen molar-refractivity contribution in [2.24, 2.45) is 0 Å². The standard InChI is InChI=1S/C24H25ClN4O2S/c25-20-10-5-4-9-19(20)23(31)27-21(18-7-2-1-3-8-18)17-22(30)28-12-6-13-29(15-14-28)24-26-11-16-32-24/h1-5,7-11,16,21H,6,12-15,17H2,(H,27,31). The number of carbonyl (C=O) groups is 2. The van der Waals surface area contributed by atoms with Gasteiger partial charge in [0.15, 0.2) is 5.13 Å². The predicted octanol–water partition coefficient (Wildman–Crippen LogP) is 4.40. The van der Waals surface area contributed by atoms with Crippen LogP contribution in [0.5, 0.6) is 0 Å². The normalized spacial score (nSPS) is 15.2. The second kappa shape index (κ2) is 10.6. The molecule has 1 atom stereocenters. The molecule has 1 N–H and O–H groups in total. The lowest BCUT2D eigenvalue weighted by Crippen LogP contribution is -2.38. The highest BCUT2D eigenvalue weighted by molar-refractivity contribution is 7.13. The van der Waals surface area contributed by atoms with E-state index >= 15 is 0 Å². The summed E-state index contributed by atoms with van der Waals surface area (Å²) in [7, 11) is 0. The molecule has 1 saturated heterocycles. The fraction of sp³-hybridized carbons (Fsp3) is 0.292. The van der Waals surface area contributed by atoms with Gasteiger partial charge in [-0.2, -0.15) is 0 Å². The summed E-state index contributed by atoms with van der Waals surface area (Å²) in [4.78, 5) is 34.6. The maximum absolute atomic E-state index is 13.2. The molecular formula is C24H25ClN4O2S. The molecule has 2 amide bonds. The molecule has 2 aromatic carbocycles. The molecule has 6 nitrogen and oxygen atoms in total.